The van der Waals surface area contributed by atoms with E-state index in [0.29, 0.717) is 12.3 Å². The zero-order valence-electron chi connectivity index (χ0n) is 11.5. The maximum atomic E-state index is 12.5. The summed E-state index contributed by atoms with van der Waals surface area (Å²) in [5, 5.41) is 15.4. The van der Waals surface area contributed by atoms with Gasteiger partial charge in [0, 0.05) is 18.7 Å². The molecule has 0 aromatic rings. The van der Waals surface area contributed by atoms with Gasteiger partial charge in [-0.2, -0.15) is 0 Å². The van der Waals surface area contributed by atoms with Crippen molar-refractivity contribution in [1.29, 1.82) is 0 Å². The van der Waals surface area contributed by atoms with Gasteiger partial charge in [-0.05, 0) is 39.2 Å². The van der Waals surface area contributed by atoms with Crippen LogP contribution >= 0.6 is 0 Å². The summed E-state index contributed by atoms with van der Waals surface area (Å²) in [7, 11) is 0. The summed E-state index contributed by atoms with van der Waals surface area (Å²) in [6, 6.07) is 0. The van der Waals surface area contributed by atoms with E-state index in [1.54, 1.807) is 0 Å². The molecule has 1 unspecified atom stereocenters. The third-order valence-electron chi connectivity index (χ3n) is 3.93. The van der Waals surface area contributed by atoms with Crippen LogP contribution in [0.15, 0.2) is 0 Å². The Hall–Kier alpha value is -0.610. The molecule has 0 radical (unpaired) electrons. The van der Waals surface area contributed by atoms with Crippen LogP contribution in [0.1, 0.15) is 40.5 Å². The zero-order chi connectivity index (χ0) is 13.1. The number of rotatable bonds is 5. The lowest BCUT2D eigenvalue weighted by Gasteiger charge is -2.36. The fourth-order valence-corrected chi connectivity index (χ4v) is 2.43. The Morgan fingerprint density at radius 2 is 2.18 bits per heavy atom. The van der Waals surface area contributed by atoms with Gasteiger partial charge >= 0.3 is 0 Å². The number of aliphatic hydroxyl groups excluding tert-OH is 1. The molecule has 100 valence electrons. The highest BCUT2D eigenvalue weighted by Gasteiger charge is 2.45. The van der Waals surface area contributed by atoms with Crippen molar-refractivity contribution < 1.29 is 9.90 Å². The van der Waals surface area contributed by atoms with Crippen LogP contribution in [0.4, 0.5) is 0 Å². The van der Waals surface area contributed by atoms with Crippen molar-refractivity contribution >= 4 is 5.91 Å². The minimum Gasteiger partial charge on any atom is -0.396 e. The van der Waals surface area contributed by atoms with Crippen LogP contribution in [0.5, 0.6) is 0 Å². The van der Waals surface area contributed by atoms with Crippen LogP contribution in [-0.4, -0.2) is 36.2 Å². The predicted molar refractivity (Wildman–Crippen MR) is 68.7 cm³/mol. The minimum atomic E-state index is -0.337. The van der Waals surface area contributed by atoms with E-state index in [0.717, 1.165) is 19.5 Å². The SMILES string of the molecule is CC(C)C1(C(=O)NC(C)(C)CCO)CCNC1. The van der Waals surface area contributed by atoms with Crippen LogP contribution in [0, 0.1) is 11.3 Å². The molecule has 1 amide bonds. The Morgan fingerprint density at radius 3 is 2.59 bits per heavy atom. The Morgan fingerprint density at radius 1 is 1.53 bits per heavy atom. The molecular formula is C13H26N2O2. The molecule has 1 aliphatic heterocycles. The van der Waals surface area contributed by atoms with E-state index in [1.807, 2.05) is 13.8 Å². The Kier molecular flexibility index (Phi) is 4.55. The first-order valence-corrected chi connectivity index (χ1v) is 6.48. The van der Waals surface area contributed by atoms with Gasteiger partial charge in [0.05, 0.1) is 5.41 Å². The summed E-state index contributed by atoms with van der Waals surface area (Å²) in [4.78, 5) is 12.5. The summed E-state index contributed by atoms with van der Waals surface area (Å²) in [5.41, 5.74) is -0.622. The topological polar surface area (TPSA) is 61.4 Å². The van der Waals surface area contributed by atoms with Gasteiger partial charge < -0.3 is 15.7 Å². The standard InChI is InChI=1S/C13H26N2O2/c1-10(2)13(5-7-14-9-13)11(17)15-12(3,4)6-8-16/h10,14,16H,5-9H2,1-4H3,(H,15,17). The van der Waals surface area contributed by atoms with E-state index < -0.39 is 0 Å². The maximum Gasteiger partial charge on any atom is 0.228 e. The maximum absolute atomic E-state index is 12.5. The molecule has 0 aromatic heterocycles. The van der Waals surface area contributed by atoms with Crippen molar-refractivity contribution in [3.8, 4) is 0 Å². The lowest BCUT2D eigenvalue weighted by molar-refractivity contribution is -0.134. The van der Waals surface area contributed by atoms with Gasteiger partial charge in [-0.25, -0.2) is 0 Å². The molecule has 1 aliphatic rings. The van der Waals surface area contributed by atoms with Crippen molar-refractivity contribution in [2.75, 3.05) is 19.7 Å². The van der Waals surface area contributed by atoms with Gasteiger partial charge in [0.2, 0.25) is 5.91 Å². The lowest BCUT2D eigenvalue weighted by atomic mass is 9.75. The average molecular weight is 242 g/mol. The van der Waals surface area contributed by atoms with E-state index in [1.165, 1.54) is 0 Å². The van der Waals surface area contributed by atoms with Crippen LogP contribution < -0.4 is 10.6 Å². The number of amides is 1. The minimum absolute atomic E-state index is 0.0974. The van der Waals surface area contributed by atoms with Crippen molar-refractivity contribution in [2.45, 2.75) is 46.1 Å². The van der Waals surface area contributed by atoms with Gasteiger partial charge in [-0.1, -0.05) is 13.8 Å². The van der Waals surface area contributed by atoms with Gasteiger partial charge in [0.1, 0.15) is 0 Å². The van der Waals surface area contributed by atoms with E-state index in [-0.39, 0.29) is 23.5 Å². The average Bonchev–Trinajstić information content (AvgIpc) is 2.65. The molecule has 1 heterocycles. The van der Waals surface area contributed by atoms with Crippen molar-refractivity contribution in [1.82, 2.24) is 10.6 Å². The molecule has 0 aliphatic carbocycles. The smallest absolute Gasteiger partial charge is 0.228 e. The molecule has 0 aromatic carbocycles. The summed E-state index contributed by atoms with van der Waals surface area (Å²) >= 11 is 0. The van der Waals surface area contributed by atoms with Crippen LogP contribution in [-0.2, 0) is 4.79 Å². The number of carbonyl (C=O) groups is 1. The second-order valence-corrected chi connectivity index (χ2v) is 6.05. The largest absolute Gasteiger partial charge is 0.396 e. The third kappa shape index (κ3) is 3.19. The van der Waals surface area contributed by atoms with E-state index >= 15 is 0 Å². The summed E-state index contributed by atoms with van der Waals surface area (Å²) in [6.07, 6.45) is 1.48. The fourth-order valence-electron chi connectivity index (χ4n) is 2.43. The Labute approximate surface area is 104 Å². The first-order valence-electron chi connectivity index (χ1n) is 6.48. The predicted octanol–water partition coefficient (Wildman–Crippen LogP) is 0.899. The Balaban J connectivity index is 2.73. The Bertz CT molecular complexity index is 269. The molecular weight excluding hydrogens is 216 g/mol. The molecule has 1 atom stereocenters. The van der Waals surface area contributed by atoms with E-state index in [9.17, 15) is 4.79 Å². The molecule has 0 spiro atoms. The third-order valence-corrected chi connectivity index (χ3v) is 3.93. The second-order valence-electron chi connectivity index (χ2n) is 6.05. The number of nitrogens with one attached hydrogen (secondary N) is 2. The second kappa shape index (κ2) is 5.36. The molecule has 4 heteroatoms. The summed E-state index contributed by atoms with van der Waals surface area (Å²) < 4.78 is 0. The number of carbonyl (C=O) groups excluding carboxylic acids is 1. The molecule has 17 heavy (non-hydrogen) atoms. The molecule has 1 fully saturated rings. The highest BCUT2D eigenvalue weighted by molar-refractivity contribution is 5.84. The van der Waals surface area contributed by atoms with Crippen LogP contribution in [0.2, 0.25) is 0 Å². The molecule has 0 bridgehead atoms. The monoisotopic (exact) mass is 242 g/mol. The molecule has 1 saturated heterocycles. The van der Waals surface area contributed by atoms with Gasteiger partial charge in [-0.3, -0.25) is 4.79 Å². The number of aliphatic hydroxyl groups is 1. The molecule has 3 N–H and O–H groups in total. The molecule has 0 saturated carbocycles. The summed E-state index contributed by atoms with van der Waals surface area (Å²) in [6.45, 7) is 9.88. The van der Waals surface area contributed by atoms with Crippen molar-refractivity contribution in [3.63, 3.8) is 0 Å². The lowest BCUT2D eigenvalue weighted by Crippen LogP contribution is -2.53. The molecule has 1 rings (SSSR count). The zero-order valence-corrected chi connectivity index (χ0v) is 11.5. The highest BCUT2D eigenvalue weighted by atomic mass is 16.3. The van der Waals surface area contributed by atoms with Gasteiger partial charge in [0.15, 0.2) is 0 Å². The van der Waals surface area contributed by atoms with Crippen molar-refractivity contribution in [2.24, 2.45) is 11.3 Å². The highest BCUT2D eigenvalue weighted by Crippen LogP contribution is 2.35. The fraction of sp³-hybridized carbons (Fsp3) is 0.923. The number of hydrogen-bond donors (Lipinski definition) is 3. The first kappa shape index (κ1) is 14.5. The number of hydrogen-bond acceptors (Lipinski definition) is 3. The molecule has 4 nitrogen and oxygen atoms in total. The van der Waals surface area contributed by atoms with Crippen LogP contribution in [0.25, 0.3) is 0 Å². The normalized spacial score (nSPS) is 25.3. The van der Waals surface area contributed by atoms with Gasteiger partial charge in [0.25, 0.3) is 0 Å². The summed E-state index contributed by atoms with van der Waals surface area (Å²) in [5.74, 6) is 0.443. The first-order chi connectivity index (χ1) is 7.84. The van der Waals surface area contributed by atoms with Gasteiger partial charge in [-0.15, -0.1) is 0 Å². The van der Waals surface area contributed by atoms with Crippen LogP contribution in [0.3, 0.4) is 0 Å². The quantitative estimate of drug-likeness (QED) is 0.671. The van der Waals surface area contributed by atoms with E-state index in [2.05, 4.69) is 24.5 Å². The van der Waals surface area contributed by atoms with E-state index in [4.69, 9.17) is 5.11 Å². The van der Waals surface area contributed by atoms with Crippen molar-refractivity contribution in [3.05, 3.63) is 0 Å².